The van der Waals surface area contributed by atoms with E-state index < -0.39 is 0 Å². The van der Waals surface area contributed by atoms with Gasteiger partial charge in [0.1, 0.15) is 15.8 Å². The predicted octanol–water partition coefficient (Wildman–Crippen LogP) is 6.13. The van der Waals surface area contributed by atoms with Crippen LogP contribution in [0.4, 0.5) is 5.88 Å². The number of thiocarbonyl (C=S) groups is 1. The van der Waals surface area contributed by atoms with Crippen LogP contribution in [0.2, 0.25) is 0 Å². The number of hydrogen-bond donors (Lipinski definition) is 0. The average Bonchev–Trinajstić information content (AvgIpc) is 3.72. The van der Waals surface area contributed by atoms with Crippen LogP contribution in [0.3, 0.4) is 0 Å². The quantitative estimate of drug-likeness (QED) is 0.220. The minimum atomic E-state index is -0.0934. The van der Waals surface area contributed by atoms with Gasteiger partial charge in [-0.25, -0.2) is 0 Å². The number of nitrogens with zero attached hydrogens (tertiary/aromatic N) is 3. The van der Waals surface area contributed by atoms with E-state index in [1.165, 1.54) is 31.0 Å². The van der Waals surface area contributed by atoms with Crippen LogP contribution < -0.4 is 4.90 Å². The Morgan fingerprint density at radius 1 is 1.08 bits per heavy atom. The lowest BCUT2D eigenvalue weighted by molar-refractivity contribution is -0.133. The fraction of sp³-hybridized carbons (Fsp3) is 0.370. The largest absolute Gasteiger partial charge is 0.467 e. The smallest absolute Gasteiger partial charge is 0.266 e. The van der Waals surface area contributed by atoms with Crippen LogP contribution in [0.15, 0.2) is 61.8 Å². The normalized spacial score (nSPS) is 17.2. The van der Waals surface area contributed by atoms with E-state index in [0.717, 1.165) is 29.6 Å². The lowest BCUT2D eigenvalue weighted by atomic mass is 10.1. The highest BCUT2D eigenvalue weighted by Gasteiger charge is 2.32. The molecule has 3 aromatic heterocycles. The van der Waals surface area contributed by atoms with Crippen molar-refractivity contribution in [1.29, 1.82) is 0 Å². The maximum atomic E-state index is 13.3. The highest BCUT2D eigenvalue weighted by atomic mass is 32.2. The minimum Gasteiger partial charge on any atom is -0.467 e. The molecule has 0 radical (unpaired) electrons. The Balaban J connectivity index is 1.19. The van der Waals surface area contributed by atoms with Crippen LogP contribution in [0.25, 0.3) is 6.08 Å². The van der Waals surface area contributed by atoms with Gasteiger partial charge in [0.15, 0.2) is 5.88 Å². The summed E-state index contributed by atoms with van der Waals surface area (Å²) in [6, 6.07) is 11.5. The van der Waals surface area contributed by atoms with E-state index in [-0.39, 0.29) is 11.8 Å². The average molecular weight is 556 g/mol. The molecule has 3 aromatic rings. The first kappa shape index (κ1) is 25.8. The number of rotatable bonds is 10. The van der Waals surface area contributed by atoms with Gasteiger partial charge in [0, 0.05) is 37.0 Å². The molecule has 7 nitrogen and oxygen atoms in total. The number of amides is 2. The molecule has 194 valence electrons. The van der Waals surface area contributed by atoms with Gasteiger partial charge < -0.3 is 18.6 Å². The van der Waals surface area contributed by atoms with Crippen molar-refractivity contribution in [3.05, 3.63) is 69.3 Å². The van der Waals surface area contributed by atoms with Gasteiger partial charge in [-0.05, 0) is 61.4 Å². The molecule has 2 aliphatic rings. The lowest BCUT2D eigenvalue weighted by Crippen LogP contribution is -2.32. The van der Waals surface area contributed by atoms with Gasteiger partial charge in [-0.15, -0.1) is 11.3 Å². The van der Waals surface area contributed by atoms with Crippen LogP contribution >= 0.6 is 35.3 Å². The third kappa shape index (κ3) is 6.55. The Labute approximate surface area is 230 Å². The van der Waals surface area contributed by atoms with E-state index in [1.807, 2.05) is 47.9 Å². The van der Waals surface area contributed by atoms with E-state index in [9.17, 15) is 9.59 Å². The number of thiophene rings is 1. The van der Waals surface area contributed by atoms with E-state index in [2.05, 4.69) is 4.90 Å². The zero-order chi connectivity index (χ0) is 25.6. The van der Waals surface area contributed by atoms with Crippen LogP contribution in [-0.2, 0) is 22.7 Å². The Morgan fingerprint density at radius 3 is 2.68 bits per heavy atom. The summed E-state index contributed by atoms with van der Waals surface area (Å²) in [5, 5.41) is 1.98. The van der Waals surface area contributed by atoms with E-state index >= 15 is 0 Å². The summed E-state index contributed by atoms with van der Waals surface area (Å²) < 4.78 is 12.2. The zero-order valence-corrected chi connectivity index (χ0v) is 22.9. The Morgan fingerprint density at radius 2 is 1.92 bits per heavy atom. The van der Waals surface area contributed by atoms with Crippen molar-refractivity contribution in [2.45, 2.75) is 45.2 Å². The van der Waals surface area contributed by atoms with Gasteiger partial charge in [-0.2, -0.15) is 0 Å². The van der Waals surface area contributed by atoms with Crippen molar-refractivity contribution in [2.75, 3.05) is 24.5 Å². The maximum Gasteiger partial charge on any atom is 0.266 e. The Kier molecular flexibility index (Phi) is 8.48. The third-order valence-electron chi connectivity index (χ3n) is 6.40. The summed E-state index contributed by atoms with van der Waals surface area (Å²) in [4.78, 5) is 33.4. The molecule has 0 aromatic carbocycles. The predicted molar refractivity (Wildman–Crippen MR) is 151 cm³/mol. The molecule has 0 spiro atoms. The summed E-state index contributed by atoms with van der Waals surface area (Å²) in [5.41, 5.74) is 0. The monoisotopic (exact) mass is 555 g/mol. The van der Waals surface area contributed by atoms with Crippen LogP contribution in [0.5, 0.6) is 0 Å². The minimum absolute atomic E-state index is 0.0214. The summed E-state index contributed by atoms with van der Waals surface area (Å²) in [7, 11) is 0. The number of furan rings is 2. The number of thioether (sulfide) groups is 1. The molecular weight excluding hydrogens is 527 g/mol. The van der Waals surface area contributed by atoms with Crippen LogP contribution in [0.1, 0.15) is 48.5 Å². The first-order chi connectivity index (χ1) is 18.1. The van der Waals surface area contributed by atoms with Crippen molar-refractivity contribution in [3.63, 3.8) is 0 Å². The highest BCUT2D eigenvalue weighted by molar-refractivity contribution is 8.26. The van der Waals surface area contributed by atoms with Crippen molar-refractivity contribution < 1.29 is 18.4 Å². The number of hydrogen-bond acceptors (Lipinski definition) is 8. The molecule has 5 heterocycles. The Hall–Kier alpha value is -2.82. The zero-order valence-electron chi connectivity index (χ0n) is 20.5. The summed E-state index contributed by atoms with van der Waals surface area (Å²) in [6.07, 6.45) is 7.90. The molecule has 2 aliphatic heterocycles. The highest BCUT2D eigenvalue weighted by Crippen LogP contribution is 2.33. The van der Waals surface area contributed by atoms with Gasteiger partial charge in [-0.1, -0.05) is 30.0 Å². The lowest BCUT2D eigenvalue weighted by Gasteiger charge is -2.26. The SMILES string of the molecule is O=C(CCCN1C(=O)/C(=C/c2cccs2)SC1=S)N(Cc1ccco1)Cc1ccc(N2CCCCC2)o1. The summed E-state index contributed by atoms with van der Waals surface area (Å²) in [5.74, 6) is 2.21. The fourth-order valence-electron chi connectivity index (χ4n) is 4.49. The number of carbonyl (C=O) groups is 2. The first-order valence-electron chi connectivity index (χ1n) is 12.5. The maximum absolute atomic E-state index is 13.3. The summed E-state index contributed by atoms with van der Waals surface area (Å²) >= 11 is 8.34. The molecule has 2 amide bonds. The first-order valence-corrected chi connectivity index (χ1v) is 14.6. The molecule has 37 heavy (non-hydrogen) atoms. The number of anilines is 1. The Bertz CT molecular complexity index is 1240. The van der Waals surface area contributed by atoms with Gasteiger partial charge in [0.25, 0.3) is 5.91 Å². The molecule has 2 saturated heterocycles. The van der Waals surface area contributed by atoms with Crippen molar-refractivity contribution >= 4 is 63.4 Å². The topological polar surface area (TPSA) is 70.1 Å². The van der Waals surface area contributed by atoms with Crippen molar-refractivity contribution in [3.8, 4) is 0 Å². The molecule has 0 bridgehead atoms. The molecule has 5 rings (SSSR count). The van der Waals surface area contributed by atoms with E-state index in [4.69, 9.17) is 21.1 Å². The van der Waals surface area contributed by atoms with Gasteiger partial charge in [-0.3, -0.25) is 14.5 Å². The fourth-order valence-corrected chi connectivity index (χ4v) is 6.52. The second-order valence-electron chi connectivity index (χ2n) is 9.07. The van der Waals surface area contributed by atoms with Crippen LogP contribution in [-0.4, -0.2) is 45.6 Å². The molecule has 0 unspecified atom stereocenters. The summed E-state index contributed by atoms with van der Waals surface area (Å²) in [6.45, 7) is 3.13. The standard InChI is InChI=1S/C27H29N3O4S3/c31-24(9-4-14-30-26(32)23(37-27(30)35)17-22-8-6-16-36-22)29(18-20-7-5-15-33-20)19-21-10-11-25(34-21)28-12-2-1-3-13-28/h5-8,10-11,15-17H,1-4,9,12-14,18-19H2/b23-17-. The molecule has 2 fully saturated rings. The van der Waals surface area contributed by atoms with Gasteiger partial charge >= 0.3 is 0 Å². The third-order valence-corrected chi connectivity index (χ3v) is 8.60. The molecular formula is C27H29N3O4S3. The number of piperidine rings is 1. The molecule has 0 atom stereocenters. The van der Waals surface area contributed by atoms with Crippen molar-refractivity contribution in [2.24, 2.45) is 0 Å². The molecule has 0 saturated carbocycles. The molecule has 0 N–H and O–H groups in total. The molecule has 10 heteroatoms. The van der Waals surface area contributed by atoms with E-state index in [1.54, 1.807) is 27.4 Å². The van der Waals surface area contributed by atoms with Crippen molar-refractivity contribution in [1.82, 2.24) is 9.80 Å². The van der Waals surface area contributed by atoms with E-state index in [0.29, 0.717) is 47.5 Å². The molecule has 0 aliphatic carbocycles. The number of carbonyl (C=O) groups excluding carboxylic acids is 2. The van der Waals surface area contributed by atoms with Crippen LogP contribution in [0, 0.1) is 0 Å². The van der Waals surface area contributed by atoms with Gasteiger partial charge in [0.05, 0.1) is 24.3 Å². The van der Waals surface area contributed by atoms with Gasteiger partial charge in [0.2, 0.25) is 5.91 Å². The second-order valence-corrected chi connectivity index (χ2v) is 11.7. The second kappa shape index (κ2) is 12.1.